The molecule has 0 saturated heterocycles. The molecule has 0 bridgehead atoms. The fourth-order valence-corrected chi connectivity index (χ4v) is 2.62. The average molecular weight is 425 g/mol. The smallest absolute Gasteiger partial charge is 0.193 e. The summed E-state index contributed by atoms with van der Waals surface area (Å²) in [7, 11) is 1.68. The predicted molar refractivity (Wildman–Crippen MR) is 94.7 cm³/mol. The third-order valence-electron chi connectivity index (χ3n) is 3.93. The Labute approximate surface area is 146 Å². The van der Waals surface area contributed by atoms with E-state index in [1.807, 2.05) is 0 Å². The van der Waals surface area contributed by atoms with Crippen LogP contribution in [0.3, 0.4) is 0 Å². The number of hydrogen-bond acceptors (Lipinski definition) is 2. The standard InChI is InChI=1S/C15H21F2N3O.HI/c1-21-15(7-3-2-4-8-15)10-19-14(18)20-13-9-11(16)5-6-12(13)17;/h5-6,9H,2-4,7-8,10H2,1H3,(H3,18,19,20);1H. The van der Waals surface area contributed by atoms with Gasteiger partial charge in [0, 0.05) is 13.2 Å². The normalized spacial score (nSPS) is 17.7. The maximum absolute atomic E-state index is 13.5. The van der Waals surface area contributed by atoms with E-state index in [1.54, 1.807) is 7.11 Å². The number of rotatable bonds is 4. The maximum atomic E-state index is 13.5. The van der Waals surface area contributed by atoms with Gasteiger partial charge in [0.05, 0.1) is 17.8 Å². The highest BCUT2D eigenvalue weighted by Crippen LogP contribution is 2.31. The van der Waals surface area contributed by atoms with Crippen LogP contribution in [-0.2, 0) is 4.74 Å². The molecule has 4 nitrogen and oxygen atoms in total. The van der Waals surface area contributed by atoms with Crippen LogP contribution in [0, 0.1) is 11.6 Å². The first-order valence-corrected chi connectivity index (χ1v) is 7.12. The monoisotopic (exact) mass is 425 g/mol. The van der Waals surface area contributed by atoms with E-state index in [-0.39, 0.29) is 41.2 Å². The average Bonchev–Trinajstić information content (AvgIpc) is 2.50. The number of anilines is 1. The SMILES string of the molecule is COC1(CN=C(N)Nc2cc(F)ccc2F)CCCCC1.I. The lowest BCUT2D eigenvalue weighted by molar-refractivity contribution is -0.0308. The van der Waals surface area contributed by atoms with Crippen molar-refractivity contribution in [3.05, 3.63) is 29.8 Å². The summed E-state index contributed by atoms with van der Waals surface area (Å²) in [6.07, 6.45) is 5.30. The quantitative estimate of drug-likeness (QED) is 0.440. The first-order chi connectivity index (χ1) is 10.0. The summed E-state index contributed by atoms with van der Waals surface area (Å²) in [5, 5.41) is 2.59. The fourth-order valence-electron chi connectivity index (χ4n) is 2.62. The number of aliphatic imine (C=N–C) groups is 1. The topological polar surface area (TPSA) is 59.6 Å². The molecule has 1 aliphatic carbocycles. The van der Waals surface area contributed by atoms with Crippen molar-refractivity contribution in [2.24, 2.45) is 10.7 Å². The number of halogens is 3. The molecule has 0 spiro atoms. The van der Waals surface area contributed by atoms with Crippen molar-refractivity contribution in [3.63, 3.8) is 0 Å². The van der Waals surface area contributed by atoms with Crippen LogP contribution in [-0.4, -0.2) is 25.2 Å². The summed E-state index contributed by atoms with van der Waals surface area (Å²) in [4.78, 5) is 4.23. The van der Waals surface area contributed by atoms with E-state index >= 15 is 0 Å². The molecule has 0 aliphatic heterocycles. The molecule has 22 heavy (non-hydrogen) atoms. The van der Waals surface area contributed by atoms with Gasteiger partial charge in [-0.2, -0.15) is 0 Å². The molecular weight excluding hydrogens is 403 g/mol. The van der Waals surface area contributed by atoms with Crippen molar-refractivity contribution in [1.82, 2.24) is 0 Å². The first-order valence-electron chi connectivity index (χ1n) is 7.12. The van der Waals surface area contributed by atoms with Crippen molar-refractivity contribution in [3.8, 4) is 0 Å². The van der Waals surface area contributed by atoms with Gasteiger partial charge in [-0.25, -0.2) is 8.78 Å². The number of methoxy groups -OCH3 is 1. The Morgan fingerprint density at radius 2 is 2.00 bits per heavy atom. The molecule has 2 rings (SSSR count). The minimum absolute atomic E-state index is 0. The molecule has 0 heterocycles. The predicted octanol–water partition coefficient (Wildman–Crippen LogP) is 3.66. The van der Waals surface area contributed by atoms with Crippen LogP contribution in [0.25, 0.3) is 0 Å². The summed E-state index contributed by atoms with van der Waals surface area (Å²) in [6.45, 7) is 0.416. The molecule has 1 aliphatic rings. The van der Waals surface area contributed by atoms with Crippen LogP contribution in [0.15, 0.2) is 23.2 Å². The second-order valence-corrected chi connectivity index (χ2v) is 5.40. The second kappa shape index (κ2) is 8.61. The van der Waals surface area contributed by atoms with Gasteiger partial charge >= 0.3 is 0 Å². The van der Waals surface area contributed by atoms with Crippen molar-refractivity contribution in [1.29, 1.82) is 0 Å². The highest BCUT2D eigenvalue weighted by molar-refractivity contribution is 14.0. The van der Waals surface area contributed by atoms with Crippen LogP contribution < -0.4 is 11.1 Å². The van der Waals surface area contributed by atoms with E-state index in [0.29, 0.717) is 6.54 Å². The molecule has 7 heteroatoms. The first kappa shape index (κ1) is 19.1. The number of ether oxygens (including phenoxy) is 1. The lowest BCUT2D eigenvalue weighted by atomic mass is 9.85. The van der Waals surface area contributed by atoms with Crippen molar-refractivity contribution in [2.45, 2.75) is 37.7 Å². The van der Waals surface area contributed by atoms with Gasteiger partial charge in [-0.1, -0.05) is 19.3 Å². The molecule has 124 valence electrons. The zero-order valence-corrected chi connectivity index (χ0v) is 14.9. The van der Waals surface area contributed by atoms with Gasteiger partial charge < -0.3 is 15.8 Å². The molecule has 1 aromatic rings. The van der Waals surface area contributed by atoms with E-state index in [1.165, 1.54) is 6.42 Å². The Balaban J connectivity index is 0.00000242. The Kier molecular flexibility index (Phi) is 7.47. The molecule has 0 atom stereocenters. The van der Waals surface area contributed by atoms with Crippen LogP contribution in [0.1, 0.15) is 32.1 Å². The Bertz CT molecular complexity index is 520. The molecular formula is C15H22F2IN3O. The third kappa shape index (κ3) is 5.05. The zero-order valence-electron chi connectivity index (χ0n) is 12.6. The van der Waals surface area contributed by atoms with Gasteiger partial charge in [0.2, 0.25) is 0 Å². The molecule has 0 amide bonds. The van der Waals surface area contributed by atoms with E-state index in [4.69, 9.17) is 10.5 Å². The van der Waals surface area contributed by atoms with Gasteiger partial charge in [-0.05, 0) is 25.0 Å². The minimum atomic E-state index is -0.575. The van der Waals surface area contributed by atoms with Crippen LogP contribution in [0.5, 0.6) is 0 Å². The van der Waals surface area contributed by atoms with Gasteiger partial charge in [0.25, 0.3) is 0 Å². The molecule has 0 aromatic heterocycles. The summed E-state index contributed by atoms with van der Waals surface area (Å²) < 4.78 is 32.2. The number of nitrogens with one attached hydrogen (secondary N) is 1. The van der Waals surface area contributed by atoms with Crippen molar-refractivity contribution >= 4 is 35.6 Å². The van der Waals surface area contributed by atoms with Crippen molar-refractivity contribution < 1.29 is 13.5 Å². The highest BCUT2D eigenvalue weighted by atomic mass is 127. The van der Waals surface area contributed by atoms with E-state index < -0.39 is 11.6 Å². The van der Waals surface area contributed by atoms with Crippen LogP contribution in [0.4, 0.5) is 14.5 Å². The van der Waals surface area contributed by atoms with Gasteiger partial charge in [-0.3, -0.25) is 4.99 Å². The van der Waals surface area contributed by atoms with Gasteiger partial charge in [0.15, 0.2) is 5.96 Å². The number of nitrogens with two attached hydrogens (primary N) is 1. The molecule has 1 saturated carbocycles. The number of benzene rings is 1. The molecule has 1 fully saturated rings. The zero-order chi connectivity index (χ0) is 15.3. The summed E-state index contributed by atoms with van der Waals surface area (Å²) >= 11 is 0. The Morgan fingerprint density at radius 3 is 2.64 bits per heavy atom. The Hall–Kier alpha value is -0.960. The molecule has 1 aromatic carbocycles. The lowest BCUT2D eigenvalue weighted by Crippen LogP contribution is -2.38. The third-order valence-corrected chi connectivity index (χ3v) is 3.93. The number of nitrogens with zero attached hydrogens (tertiary/aromatic N) is 1. The van der Waals surface area contributed by atoms with Crippen LogP contribution >= 0.6 is 24.0 Å². The maximum Gasteiger partial charge on any atom is 0.193 e. The van der Waals surface area contributed by atoms with E-state index in [9.17, 15) is 8.78 Å². The summed E-state index contributed by atoms with van der Waals surface area (Å²) in [5.41, 5.74) is 5.44. The van der Waals surface area contributed by atoms with E-state index in [2.05, 4.69) is 10.3 Å². The summed E-state index contributed by atoms with van der Waals surface area (Å²) in [5.74, 6) is -1.05. The molecule has 0 radical (unpaired) electrons. The van der Waals surface area contributed by atoms with Crippen molar-refractivity contribution in [2.75, 3.05) is 19.0 Å². The van der Waals surface area contributed by atoms with Crippen LogP contribution in [0.2, 0.25) is 0 Å². The molecule has 0 unspecified atom stereocenters. The largest absolute Gasteiger partial charge is 0.376 e. The summed E-state index contributed by atoms with van der Waals surface area (Å²) in [6, 6.07) is 3.14. The fraction of sp³-hybridized carbons (Fsp3) is 0.533. The van der Waals surface area contributed by atoms with E-state index in [0.717, 1.165) is 43.9 Å². The Morgan fingerprint density at radius 1 is 1.32 bits per heavy atom. The number of hydrogen-bond donors (Lipinski definition) is 2. The molecule has 3 N–H and O–H groups in total. The minimum Gasteiger partial charge on any atom is -0.376 e. The van der Waals surface area contributed by atoms with Gasteiger partial charge in [-0.15, -0.1) is 24.0 Å². The highest BCUT2D eigenvalue weighted by Gasteiger charge is 2.31. The second-order valence-electron chi connectivity index (χ2n) is 5.40. The van der Waals surface area contributed by atoms with Gasteiger partial charge in [0.1, 0.15) is 11.6 Å². The lowest BCUT2D eigenvalue weighted by Gasteiger charge is -2.34. The number of guanidine groups is 1.